The summed E-state index contributed by atoms with van der Waals surface area (Å²) >= 11 is 1.35. The standard InChI is InChI=1S/C19H31N5O10S/c1-35-7-6-11(22-16(30)9(20)2-4-14(26)27)18(32)23-10(3-5-15(28)29)17(31)24-12(19(33)34)8-13(21)25/h9-12H,2-8,20H2,1H3,(H2,21,25)(H,22,30)(H,23,32)(H,24,31)(H,26,27)(H,28,29)(H,33,34). The normalized spacial score (nSPS) is 14.0. The van der Waals surface area contributed by atoms with E-state index in [1.165, 1.54) is 11.8 Å². The van der Waals surface area contributed by atoms with Crippen LogP contribution in [0.1, 0.15) is 38.5 Å². The number of primary amides is 1. The van der Waals surface area contributed by atoms with Gasteiger partial charge in [0.1, 0.15) is 18.1 Å². The van der Waals surface area contributed by atoms with Crippen molar-refractivity contribution in [2.24, 2.45) is 11.5 Å². The fourth-order valence-electron chi connectivity index (χ4n) is 2.68. The zero-order valence-corrected chi connectivity index (χ0v) is 19.8. The number of nitrogens with two attached hydrogens (primary N) is 2. The van der Waals surface area contributed by atoms with Crippen molar-refractivity contribution in [1.29, 1.82) is 0 Å². The van der Waals surface area contributed by atoms with Gasteiger partial charge in [-0.25, -0.2) is 4.79 Å². The first-order valence-electron chi connectivity index (χ1n) is 10.4. The molecule has 0 aromatic carbocycles. The largest absolute Gasteiger partial charge is 0.481 e. The molecule has 0 spiro atoms. The molecular formula is C19H31N5O10S. The van der Waals surface area contributed by atoms with Crippen LogP contribution >= 0.6 is 11.8 Å². The fraction of sp³-hybridized carbons (Fsp3) is 0.632. The summed E-state index contributed by atoms with van der Waals surface area (Å²) in [5.41, 5.74) is 10.6. The van der Waals surface area contributed by atoms with Gasteiger partial charge in [-0.1, -0.05) is 0 Å². The molecule has 16 heteroatoms. The van der Waals surface area contributed by atoms with Gasteiger partial charge in [0, 0.05) is 12.8 Å². The Bertz CT molecular complexity index is 809. The lowest BCUT2D eigenvalue weighted by atomic mass is 10.1. The first-order chi connectivity index (χ1) is 16.3. The molecule has 0 aromatic rings. The third-order valence-electron chi connectivity index (χ3n) is 4.55. The molecule has 198 valence electrons. The van der Waals surface area contributed by atoms with Gasteiger partial charge < -0.3 is 42.7 Å². The van der Waals surface area contributed by atoms with Gasteiger partial charge in [0.25, 0.3) is 0 Å². The molecule has 0 rings (SSSR count). The van der Waals surface area contributed by atoms with E-state index in [4.69, 9.17) is 26.8 Å². The SMILES string of the molecule is CSCCC(NC(=O)C(N)CCC(=O)O)C(=O)NC(CCC(=O)O)C(=O)NC(CC(N)=O)C(=O)O. The van der Waals surface area contributed by atoms with Crippen LogP contribution in [0, 0.1) is 0 Å². The van der Waals surface area contributed by atoms with E-state index in [2.05, 4.69) is 10.6 Å². The van der Waals surface area contributed by atoms with Crippen molar-refractivity contribution in [3.05, 3.63) is 0 Å². The van der Waals surface area contributed by atoms with Crippen molar-refractivity contribution >= 4 is 53.3 Å². The summed E-state index contributed by atoms with van der Waals surface area (Å²) in [6.45, 7) is 0. The Hall–Kier alpha value is -3.40. The van der Waals surface area contributed by atoms with E-state index < -0.39 is 85.0 Å². The Morgan fingerprint density at radius 1 is 0.743 bits per heavy atom. The summed E-state index contributed by atoms with van der Waals surface area (Å²) in [5.74, 6) is -7.37. The van der Waals surface area contributed by atoms with E-state index in [-0.39, 0.29) is 19.3 Å². The number of nitrogens with one attached hydrogen (secondary N) is 3. The highest BCUT2D eigenvalue weighted by Gasteiger charge is 2.31. The Balaban J connectivity index is 5.53. The van der Waals surface area contributed by atoms with Crippen LogP contribution in [0.4, 0.5) is 0 Å². The van der Waals surface area contributed by atoms with Crippen LogP contribution in [0.5, 0.6) is 0 Å². The minimum Gasteiger partial charge on any atom is -0.481 e. The van der Waals surface area contributed by atoms with Crippen LogP contribution in [-0.4, -0.2) is 93.0 Å². The number of carboxylic acid groups (broad SMARTS) is 3. The first-order valence-corrected chi connectivity index (χ1v) is 11.8. The minimum atomic E-state index is -1.71. The Kier molecular flexibility index (Phi) is 14.7. The van der Waals surface area contributed by atoms with E-state index in [0.29, 0.717) is 5.75 Å². The predicted molar refractivity (Wildman–Crippen MR) is 122 cm³/mol. The number of rotatable bonds is 18. The van der Waals surface area contributed by atoms with Crippen LogP contribution in [-0.2, 0) is 33.6 Å². The van der Waals surface area contributed by atoms with Crippen LogP contribution in [0.2, 0.25) is 0 Å². The Morgan fingerprint density at radius 2 is 1.20 bits per heavy atom. The molecule has 0 saturated carbocycles. The zero-order valence-electron chi connectivity index (χ0n) is 19.0. The molecule has 0 fully saturated rings. The van der Waals surface area contributed by atoms with Gasteiger partial charge in [-0.05, 0) is 31.3 Å². The molecular weight excluding hydrogens is 490 g/mol. The van der Waals surface area contributed by atoms with Gasteiger partial charge in [-0.3, -0.25) is 28.8 Å². The van der Waals surface area contributed by atoms with Gasteiger partial charge in [-0.15, -0.1) is 0 Å². The molecule has 35 heavy (non-hydrogen) atoms. The minimum absolute atomic E-state index is 0.0943. The topological polar surface area (TPSA) is 268 Å². The molecule has 0 aliphatic heterocycles. The van der Waals surface area contributed by atoms with Crippen molar-refractivity contribution in [2.75, 3.05) is 12.0 Å². The van der Waals surface area contributed by atoms with Gasteiger partial charge in [0.15, 0.2) is 0 Å². The maximum atomic E-state index is 12.8. The molecule has 0 radical (unpaired) electrons. The van der Waals surface area contributed by atoms with Gasteiger partial charge in [-0.2, -0.15) is 11.8 Å². The lowest BCUT2D eigenvalue weighted by molar-refractivity contribution is -0.144. The summed E-state index contributed by atoms with van der Waals surface area (Å²) in [6, 6.07) is -5.63. The Labute approximate surface area is 204 Å². The van der Waals surface area contributed by atoms with Crippen LogP contribution in [0.25, 0.3) is 0 Å². The molecule has 0 aliphatic carbocycles. The Morgan fingerprint density at radius 3 is 1.66 bits per heavy atom. The predicted octanol–water partition coefficient (Wildman–Crippen LogP) is -2.79. The van der Waals surface area contributed by atoms with E-state index in [1.54, 1.807) is 6.26 Å². The average Bonchev–Trinajstić information content (AvgIpc) is 2.76. The number of thioether (sulfide) groups is 1. The molecule has 0 saturated heterocycles. The van der Waals surface area contributed by atoms with Crippen molar-refractivity contribution in [1.82, 2.24) is 16.0 Å². The number of carboxylic acids is 3. The third-order valence-corrected chi connectivity index (χ3v) is 5.19. The number of hydrogen-bond donors (Lipinski definition) is 8. The van der Waals surface area contributed by atoms with Crippen LogP contribution < -0.4 is 27.4 Å². The molecule has 0 bridgehead atoms. The van der Waals surface area contributed by atoms with Crippen molar-refractivity contribution < 1.29 is 48.9 Å². The molecule has 4 unspecified atom stereocenters. The lowest BCUT2D eigenvalue weighted by Crippen LogP contribution is -2.57. The van der Waals surface area contributed by atoms with Gasteiger partial charge >= 0.3 is 17.9 Å². The second kappa shape index (κ2) is 16.3. The molecule has 4 atom stereocenters. The number of hydrogen-bond acceptors (Lipinski definition) is 9. The van der Waals surface area contributed by atoms with E-state index in [1.807, 2.05) is 5.32 Å². The molecule has 4 amide bonds. The second-order valence-corrected chi connectivity index (χ2v) is 8.43. The second-order valence-electron chi connectivity index (χ2n) is 7.44. The fourth-order valence-corrected chi connectivity index (χ4v) is 3.15. The highest BCUT2D eigenvalue weighted by atomic mass is 32.2. The van der Waals surface area contributed by atoms with Crippen molar-refractivity contribution in [3.63, 3.8) is 0 Å². The van der Waals surface area contributed by atoms with E-state index in [0.717, 1.165) is 0 Å². The average molecular weight is 522 g/mol. The lowest BCUT2D eigenvalue weighted by Gasteiger charge is -2.24. The molecule has 10 N–H and O–H groups in total. The van der Waals surface area contributed by atoms with Crippen molar-refractivity contribution in [2.45, 2.75) is 62.7 Å². The molecule has 15 nitrogen and oxygen atoms in total. The molecule has 0 aliphatic rings. The summed E-state index contributed by atoms with van der Waals surface area (Å²) < 4.78 is 0. The monoisotopic (exact) mass is 521 g/mol. The third kappa shape index (κ3) is 13.8. The summed E-state index contributed by atoms with van der Waals surface area (Å²) in [7, 11) is 0. The summed E-state index contributed by atoms with van der Waals surface area (Å²) in [4.78, 5) is 81.8. The quantitative estimate of drug-likeness (QED) is 0.0909. The highest BCUT2D eigenvalue weighted by molar-refractivity contribution is 7.98. The van der Waals surface area contributed by atoms with E-state index >= 15 is 0 Å². The van der Waals surface area contributed by atoms with Crippen molar-refractivity contribution in [3.8, 4) is 0 Å². The summed E-state index contributed by atoms with van der Waals surface area (Å²) in [5, 5.41) is 33.5. The smallest absolute Gasteiger partial charge is 0.326 e. The van der Waals surface area contributed by atoms with Crippen LogP contribution in [0.3, 0.4) is 0 Å². The number of carbonyl (C=O) groups excluding carboxylic acids is 4. The first kappa shape index (κ1) is 31.6. The zero-order chi connectivity index (χ0) is 27.1. The number of amides is 4. The maximum Gasteiger partial charge on any atom is 0.326 e. The van der Waals surface area contributed by atoms with Gasteiger partial charge in [0.2, 0.25) is 23.6 Å². The van der Waals surface area contributed by atoms with E-state index in [9.17, 15) is 33.6 Å². The van der Waals surface area contributed by atoms with Gasteiger partial charge in [0.05, 0.1) is 12.5 Å². The molecule has 0 aromatic heterocycles. The van der Waals surface area contributed by atoms with Crippen LogP contribution in [0.15, 0.2) is 0 Å². The maximum absolute atomic E-state index is 12.8. The number of aliphatic carboxylic acids is 3. The summed E-state index contributed by atoms with van der Waals surface area (Å²) in [6.07, 6.45) is -0.436. The molecule has 0 heterocycles. The number of carbonyl (C=O) groups is 7. The highest BCUT2D eigenvalue weighted by Crippen LogP contribution is 2.06.